The lowest BCUT2D eigenvalue weighted by Crippen LogP contribution is -2.39. The molecule has 0 amide bonds. The van der Waals surface area contributed by atoms with Crippen LogP contribution in [0.5, 0.6) is 0 Å². The minimum atomic E-state index is 0.137. The molecule has 0 aliphatic carbocycles. The highest BCUT2D eigenvalue weighted by molar-refractivity contribution is 7.07. The van der Waals surface area contributed by atoms with E-state index < -0.39 is 0 Å². The minimum absolute atomic E-state index is 0.137. The highest BCUT2D eigenvalue weighted by Gasteiger charge is 2.18. The highest BCUT2D eigenvalue weighted by Crippen LogP contribution is 2.15. The molecule has 1 aliphatic heterocycles. The number of nitrogens with zero attached hydrogens (tertiary/aromatic N) is 2. The number of rotatable bonds is 4. The van der Waals surface area contributed by atoms with Crippen molar-refractivity contribution in [1.82, 2.24) is 9.47 Å². The topological polar surface area (TPSA) is 45.5 Å². The van der Waals surface area contributed by atoms with Gasteiger partial charge in [0.1, 0.15) is 0 Å². The molecule has 1 unspecified atom stereocenters. The average Bonchev–Trinajstić information content (AvgIpc) is 2.67. The lowest BCUT2D eigenvalue weighted by molar-refractivity contribution is 0.117. The van der Waals surface area contributed by atoms with Crippen molar-refractivity contribution < 1.29 is 5.11 Å². The van der Waals surface area contributed by atoms with E-state index in [-0.39, 0.29) is 11.5 Å². The maximum absolute atomic E-state index is 11.6. The van der Waals surface area contributed by atoms with E-state index >= 15 is 0 Å². The summed E-state index contributed by atoms with van der Waals surface area (Å²) in [4.78, 5) is 14.0. The maximum atomic E-state index is 11.6. The molecule has 4 nitrogen and oxygen atoms in total. The Kier molecular flexibility index (Phi) is 4.36. The number of hydrogen-bond donors (Lipinski definition) is 1. The number of aromatic nitrogens is 1. The van der Waals surface area contributed by atoms with Crippen LogP contribution in [0, 0.1) is 12.8 Å². The number of hydrogen-bond acceptors (Lipinski definition) is 4. The number of likely N-dealkylation sites (tertiary alicyclic amines) is 1. The monoisotopic (exact) mass is 256 g/mol. The van der Waals surface area contributed by atoms with Crippen molar-refractivity contribution in [2.75, 3.05) is 26.2 Å². The lowest BCUT2D eigenvalue weighted by Gasteiger charge is -2.31. The Hall–Kier alpha value is -0.650. The van der Waals surface area contributed by atoms with Gasteiger partial charge in [0.05, 0.1) is 0 Å². The van der Waals surface area contributed by atoms with E-state index in [0.717, 1.165) is 44.7 Å². The second kappa shape index (κ2) is 5.80. The summed E-state index contributed by atoms with van der Waals surface area (Å²) in [5.41, 5.74) is 1.05. The first-order valence-electron chi connectivity index (χ1n) is 6.19. The number of thiazole rings is 1. The van der Waals surface area contributed by atoms with Gasteiger partial charge in [0.25, 0.3) is 0 Å². The van der Waals surface area contributed by atoms with Crippen LogP contribution in [0.4, 0.5) is 0 Å². The quantitative estimate of drug-likeness (QED) is 0.871. The lowest BCUT2D eigenvalue weighted by atomic mass is 9.99. The third kappa shape index (κ3) is 3.18. The van der Waals surface area contributed by atoms with Gasteiger partial charge in [0.2, 0.25) is 0 Å². The summed E-state index contributed by atoms with van der Waals surface area (Å²) >= 11 is 1.27. The maximum Gasteiger partial charge on any atom is 0.307 e. The van der Waals surface area contributed by atoms with Crippen molar-refractivity contribution in [3.8, 4) is 0 Å². The number of aliphatic hydroxyl groups excluding tert-OH is 1. The first-order chi connectivity index (χ1) is 8.20. The summed E-state index contributed by atoms with van der Waals surface area (Å²) < 4.78 is 1.84. The van der Waals surface area contributed by atoms with Crippen LogP contribution in [0.2, 0.25) is 0 Å². The number of aliphatic hydroxyl groups is 1. The van der Waals surface area contributed by atoms with E-state index in [9.17, 15) is 4.79 Å². The molecular weight excluding hydrogens is 236 g/mol. The van der Waals surface area contributed by atoms with Crippen molar-refractivity contribution in [1.29, 1.82) is 0 Å². The largest absolute Gasteiger partial charge is 0.396 e. The van der Waals surface area contributed by atoms with Crippen LogP contribution in [0.15, 0.2) is 10.2 Å². The summed E-state index contributed by atoms with van der Waals surface area (Å²) in [5, 5.41) is 11.1. The molecule has 0 aromatic carbocycles. The van der Waals surface area contributed by atoms with Crippen molar-refractivity contribution in [2.45, 2.75) is 26.3 Å². The molecule has 5 heteroatoms. The second-order valence-corrected chi connectivity index (χ2v) is 5.61. The van der Waals surface area contributed by atoms with Crippen LogP contribution < -0.4 is 4.87 Å². The fourth-order valence-corrected chi connectivity index (χ4v) is 3.18. The summed E-state index contributed by atoms with van der Waals surface area (Å²) in [6.07, 6.45) is 2.28. The highest BCUT2D eigenvalue weighted by atomic mass is 32.1. The zero-order chi connectivity index (χ0) is 12.3. The van der Waals surface area contributed by atoms with Gasteiger partial charge in [-0.05, 0) is 32.2 Å². The Balaban J connectivity index is 1.88. The fourth-order valence-electron chi connectivity index (χ4n) is 2.42. The summed E-state index contributed by atoms with van der Waals surface area (Å²) in [7, 11) is 0. The van der Waals surface area contributed by atoms with Crippen LogP contribution in [0.3, 0.4) is 0 Å². The number of aryl methyl sites for hydroxylation is 1. The van der Waals surface area contributed by atoms with Crippen molar-refractivity contribution in [3.63, 3.8) is 0 Å². The molecule has 0 bridgehead atoms. The molecule has 17 heavy (non-hydrogen) atoms. The Labute approximate surface area is 105 Å². The predicted molar refractivity (Wildman–Crippen MR) is 69.6 cm³/mol. The van der Waals surface area contributed by atoms with Crippen LogP contribution in [-0.4, -0.2) is 40.8 Å². The Bertz CT molecular complexity index is 413. The summed E-state index contributed by atoms with van der Waals surface area (Å²) in [6, 6.07) is 0. The Morgan fingerprint density at radius 2 is 2.35 bits per heavy atom. The molecule has 1 aromatic rings. The van der Waals surface area contributed by atoms with Gasteiger partial charge in [-0.3, -0.25) is 4.79 Å². The average molecular weight is 256 g/mol. The van der Waals surface area contributed by atoms with E-state index in [2.05, 4.69) is 4.90 Å². The van der Waals surface area contributed by atoms with Crippen molar-refractivity contribution >= 4 is 11.3 Å². The fraction of sp³-hybridized carbons (Fsp3) is 0.750. The molecular formula is C12H20N2O2S. The van der Waals surface area contributed by atoms with Crippen LogP contribution in [-0.2, 0) is 6.54 Å². The first-order valence-corrected chi connectivity index (χ1v) is 7.07. The normalized spacial score (nSPS) is 21.9. The van der Waals surface area contributed by atoms with Crippen molar-refractivity contribution in [3.05, 3.63) is 20.7 Å². The van der Waals surface area contributed by atoms with E-state index in [4.69, 9.17) is 5.11 Å². The molecule has 1 fully saturated rings. The standard InChI is InChI=1S/C12H20N2O2S/c1-10-9-17-12(16)14(10)6-5-13-4-2-3-11(7-13)8-15/h9,11,15H,2-8H2,1H3. The minimum Gasteiger partial charge on any atom is -0.396 e. The van der Waals surface area contributed by atoms with Gasteiger partial charge in [0.15, 0.2) is 0 Å². The molecule has 1 saturated heterocycles. The SMILES string of the molecule is Cc1csc(=O)n1CCN1CCCC(CO)C1. The Morgan fingerprint density at radius 1 is 1.53 bits per heavy atom. The molecule has 2 heterocycles. The molecule has 1 aliphatic rings. The van der Waals surface area contributed by atoms with Gasteiger partial charge in [-0.2, -0.15) is 0 Å². The van der Waals surface area contributed by atoms with Crippen LogP contribution in [0.1, 0.15) is 18.5 Å². The molecule has 1 N–H and O–H groups in total. The zero-order valence-electron chi connectivity index (χ0n) is 10.3. The van der Waals surface area contributed by atoms with E-state index in [1.54, 1.807) is 0 Å². The van der Waals surface area contributed by atoms with E-state index in [0.29, 0.717) is 5.92 Å². The first kappa shape index (κ1) is 12.8. The summed E-state index contributed by atoms with van der Waals surface area (Å²) in [6.45, 7) is 6.00. The molecule has 2 rings (SSSR count). The van der Waals surface area contributed by atoms with Crippen molar-refractivity contribution in [2.24, 2.45) is 5.92 Å². The van der Waals surface area contributed by atoms with Gasteiger partial charge in [-0.15, -0.1) is 0 Å². The van der Waals surface area contributed by atoms with E-state index in [1.165, 1.54) is 11.3 Å². The van der Waals surface area contributed by atoms with Gasteiger partial charge < -0.3 is 14.6 Å². The smallest absolute Gasteiger partial charge is 0.307 e. The molecule has 1 aromatic heterocycles. The number of piperidine rings is 1. The molecule has 0 spiro atoms. The molecule has 0 radical (unpaired) electrons. The van der Waals surface area contributed by atoms with Gasteiger partial charge >= 0.3 is 4.87 Å². The molecule has 0 saturated carbocycles. The Morgan fingerprint density at radius 3 is 3.00 bits per heavy atom. The van der Waals surface area contributed by atoms with Crippen LogP contribution >= 0.6 is 11.3 Å². The third-order valence-corrected chi connectivity index (χ3v) is 4.36. The van der Waals surface area contributed by atoms with E-state index in [1.807, 2.05) is 16.9 Å². The summed E-state index contributed by atoms with van der Waals surface area (Å²) in [5.74, 6) is 0.420. The third-order valence-electron chi connectivity index (χ3n) is 3.48. The van der Waals surface area contributed by atoms with Gasteiger partial charge in [0, 0.05) is 37.3 Å². The van der Waals surface area contributed by atoms with Crippen LogP contribution in [0.25, 0.3) is 0 Å². The van der Waals surface area contributed by atoms with Gasteiger partial charge in [-0.1, -0.05) is 11.3 Å². The van der Waals surface area contributed by atoms with Gasteiger partial charge in [-0.25, -0.2) is 0 Å². The molecule has 96 valence electrons. The second-order valence-electron chi connectivity index (χ2n) is 4.79. The molecule has 1 atom stereocenters. The zero-order valence-corrected chi connectivity index (χ0v) is 11.1. The predicted octanol–water partition coefficient (Wildman–Crippen LogP) is 0.923.